The molecular weight excluding hydrogens is 320 g/mol. The summed E-state index contributed by atoms with van der Waals surface area (Å²) < 4.78 is 28.0. The second kappa shape index (κ2) is 7.56. The van der Waals surface area contributed by atoms with Crippen LogP contribution in [0.15, 0.2) is 24.3 Å². The van der Waals surface area contributed by atoms with Crippen LogP contribution >= 0.6 is 0 Å². The third-order valence-corrected chi connectivity index (χ3v) is 5.04. The first-order valence-electron chi connectivity index (χ1n) is 7.23. The van der Waals surface area contributed by atoms with Crippen LogP contribution in [-0.2, 0) is 36.5 Å². The maximum atomic E-state index is 11.8. The maximum absolute atomic E-state index is 11.8. The lowest BCUT2D eigenvalue weighted by atomic mass is 10.0. The molecule has 0 aromatic heterocycles. The van der Waals surface area contributed by atoms with Gasteiger partial charge in [-0.2, -0.15) is 0 Å². The van der Waals surface area contributed by atoms with Crippen molar-refractivity contribution in [2.24, 2.45) is 5.92 Å². The first-order valence-corrected chi connectivity index (χ1v) is 9.05. The molecule has 2 N–H and O–H groups in total. The Labute approximate surface area is 135 Å². The average molecular weight is 340 g/mol. The van der Waals surface area contributed by atoms with E-state index in [-0.39, 0.29) is 17.6 Å². The summed E-state index contributed by atoms with van der Waals surface area (Å²) in [4.78, 5) is 22.8. The fourth-order valence-corrected chi connectivity index (χ4v) is 3.38. The van der Waals surface area contributed by atoms with E-state index < -0.39 is 21.6 Å². The van der Waals surface area contributed by atoms with Crippen LogP contribution in [0.4, 0.5) is 0 Å². The predicted molar refractivity (Wildman–Crippen MR) is 84.2 cm³/mol. The van der Waals surface area contributed by atoms with Gasteiger partial charge < -0.3 is 15.4 Å². The minimum atomic E-state index is -3.54. The van der Waals surface area contributed by atoms with Gasteiger partial charge in [0.15, 0.2) is 9.84 Å². The number of hydrogen-bond acceptors (Lipinski definition) is 6. The van der Waals surface area contributed by atoms with Gasteiger partial charge in [0.1, 0.15) is 5.75 Å². The van der Waals surface area contributed by atoms with E-state index in [2.05, 4.69) is 15.4 Å². The summed E-state index contributed by atoms with van der Waals surface area (Å²) in [5.74, 6) is -1.56. The van der Waals surface area contributed by atoms with Crippen LogP contribution < -0.4 is 10.6 Å². The first-order chi connectivity index (χ1) is 10.9. The van der Waals surface area contributed by atoms with Crippen LogP contribution in [0.25, 0.3) is 0 Å². The van der Waals surface area contributed by atoms with E-state index >= 15 is 0 Å². The number of hydrogen-bond donors (Lipinski definition) is 2. The largest absolute Gasteiger partial charge is 0.468 e. The summed E-state index contributed by atoms with van der Waals surface area (Å²) in [6, 6.07) is 6.90. The summed E-state index contributed by atoms with van der Waals surface area (Å²) in [6.45, 7) is 1.83. The Morgan fingerprint density at radius 2 is 1.83 bits per heavy atom. The summed E-state index contributed by atoms with van der Waals surface area (Å²) in [5.41, 5.74) is 1.48. The van der Waals surface area contributed by atoms with Gasteiger partial charge in [0, 0.05) is 19.6 Å². The zero-order chi connectivity index (χ0) is 16.9. The molecule has 0 bridgehead atoms. The van der Waals surface area contributed by atoms with E-state index in [4.69, 9.17) is 0 Å². The van der Waals surface area contributed by atoms with Crippen molar-refractivity contribution in [3.05, 3.63) is 35.4 Å². The Bertz CT molecular complexity index is 666. The molecule has 1 aliphatic rings. The topological polar surface area (TPSA) is 102 Å². The molecule has 8 heteroatoms. The van der Waals surface area contributed by atoms with Crippen molar-refractivity contribution in [3.8, 4) is 0 Å². The second-order valence-electron chi connectivity index (χ2n) is 5.50. The number of methoxy groups -OCH3 is 1. The van der Waals surface area contributed by atoms with Crippen LogP contribution in [0, 0.1) is 5.92 Å². The van der Waals surface area contributed by atoms with Gasteiger partial charge in [-0.1, -0.05) is 24.3 Å². The number of sulfone groups is 1. The Morgan fingerprint density at radius 1 is 1.22 bits per heavy atom. The number of ether oxygens (including phenoxy) is 1. The Morgan fingerprint density at radius 3 is 2.35 bits per heavy atom. The minimum absolute atomic E-state index is 0.0217. The summed E-state index contributed by atoms with van der Waals surface area (Å²) in [6.07, 6.45) is 0. The van der Waals surface area contributed by atoms with E-state index in [0.29, 0.717) is 25.2 Å². The molecule has 1 heterocycles. The predicted octanol–water partition coefficient (Wildman–Crippen LogP) is -0.390. The molecule has 1 aromatic carbocycles. The molecule has 23 heavy (non-hydrogen) atoms. The van der Waals surface area contributed by atoms with Gasteiger partial charge in [0.2, 0.25) is 5.91 Å². The maximum Gasteiger partial charge on any atom is 0.320 e. The van der Waals surface area contributed by atoms with Gasteiger partial charge in [-0.15, -0.1) is 0 Å². The molecule has 1 aromatic rings. The number of nitrogens with one attached hydrogen (secondary N) is 2. The van der Waals surface area contributed by atoms with E-state index in [9.17, 15) is 18.0 Å². The quantitative estimate of drug-likeness (QED) is 0.656. The number of benzene rings is 1. The summed E-state index contributed by atoms with van der Waals surface area (Å²) in [7, 11) is -2.39. The molecule has 0 saturated carbocycles. The molecule has 0 atom stereocenters. The monoisotopic (exact) mass is 340 g/mol. The van der Waals surface area contributed by atoms with E-state index in [1.165, 1.54) is 0 Å². The van der Waals surface area contributed by atoms with Crippen molar-refractivity contribution in [1.29, 1.82) is 0 Å². The van der Waals surface area contributed by atoms with E-state index in [1.807, 2.05) is 0 Å². The van der Waals surface area contributed by atoms with Crippen molar-refractivity contribution in [1.82, 2.24) is 10.6 Å². The van der Waals surface area contributed by atoms with E-state index in [1.54, 1.807) is 24.3 Å². The Kier molecular flexibility index (Phi) is 5.73. The minimum Gasteiger partial charge on any atom is -0.468 e. The van der Waals surface area contributed by atoms with Crippen LogP contribution in [-0.4, -0.2) is 46.2 Å². The lowest BCUT2D eigenvalue weighted by molar-refractivity contribution is -0.137. The molecule has 7 nitrogen and oxygen atoms in total. The van der Waals surface area contributed by atoms with Gasteiger partial charge in [-0.3, -0.25) is 9.59 Å². The van der Waals surface area contributed by atoms with Crippen molar-refractivity contribution in [2.75, 3.05) is 26.0 Å². The lowest BCUT2D eigenvalue weighted by Gasteiger charge is -2.25. The highest BCUT2D eigenvalue weighted by molar-refractivity contribution is 7.91. The number of amides is 1. The Balaban J connectivity index is 1.86. The van der Waals surface area contributed by atoms with Crippen LogP contribution in [0.5, 0.6) is 0 Å². The van der Waals surface area contributed by atoms with Gasteiger partial charge >= 0.3 is 5.97 Å². The van der Waals surface area contributed by atoms with Gasteiger partial charge in [-0.25, -0.2) is 8.42 Å². The van der Waals surface area contributed by atoms with E-state index in [0.717, 1.165) is 12.7 Å². The third kappa shape index (κ3) is 5.33. The van der Waals surface area contributed by atoms with Crippen molar-refractivity contribution >= 4 is 21.7 Å². The highest BCUT2D eigenvalue weighted by Crippen LogP contribution is 2.10. The van der Waals surface area contributed by atoms with Gasteiger partial charge in [0.25, 0.3) is 0 Å². The normalized spacial score (nSPS) is 14.8. The SMILES string of the molecule is COC(=O)CS(=O)(=O)Cc1ccc(CNC(=O)C2CNC2)cc1. The highest BCUT2D eigenvalue weighted by atomic mass is 32.2. The average Bonchev–Trinajstić information content (AvgIpc) is 2.43. The zero-order valence-electron chi connectivity index (χ0n) is 12.9. The number of esters is 1. The van der Waals surface area contributed by atoms with Crippen LogP contribution in [0.2, 0.25) is 0 Å². The third-order valence-electron chi connectivity index (χ3n) is 3.59. The number of carbonyl (C=O) groups is 2. The molecule has 1 fully saturated rings. The standard InChI is InChI=1S/C15H20N2O5S/c1-22-14(18)10-23(20,21)9-12-4-2-11(3-5-12)6-17-15(19)13-7-16-8-13/h2-5,13,16H,6-10H2,1H3,(H,17,19). The molecule has 0 aliphatic carbocycles. The summed E-state index contributed by atoms with van der Waals surface area (Å²) in [5, 5.41) is 5.88. The Hall–Kier alpha value is -1.93. The molecule has 1 aliphatic heterocycles. The molecule has 0 radical (unpaired) electrons. The number of rotatable bonds is 7. The summed E-state index contributed by atoms with van der Waals surface area (Å²) >= 11 is 0. The molecule has 1 saturated heterocycles. The van der Waals surface area contributed by atoms with Crippen LogP contribution in [0.3, 0.4) is 0 Å². The van der Waals surface area contributed by atoms with Gasteiger partial charge in [-0.05, 0) is 11.1 Å². The number of carbonyl (C=O) groups excluding carboxylic acids is 2. The van der Waals surface area contributed by atoms with Crippen LogP contribution in [0.1, 0.15) is 11.1 Å². The highest BCUT2D eigenvalue weighted by Gasteiger charge is 2.24. The molecule has 0 spiro atoms. The zero-order valence-corrected chi connectivity index (χ0v) is 13.7. The molecule has 2 rings (SSSR count). The fraction of sp³-hybridized carbons (Fsp3) is 0.467. The molecule has 1 amide bonds. The van der Waals surface area contributed by atoms with Crippen molar-refractivity contribution in [3.63, 3.8) is 0 Å². The fourth-order valence-electron chi connectivity index (χ4n) is 2.10. The van der Waals surface area contributed by atoms with Gasteiger partial charge in [0.05, 0.1) is 18.8 Å². The second-order valence-corrected chi connectivity index (χ2v) is 7.56. The lowest BCUT2D eigenvalue weighted by Crippen LogP contribution is -2.50. The van der Waals surface area contributed by atoms with Crippen molar-refractivity contribution in [2.45, 2.75) is 12.3 Å². The van der Waals surface area contributed by atoms with Crippen molar-refractivity contribution < 1.29 is 22.7 Å². The molecular formula is C15H20N2O5S. The molecule has 126 valence electrons. The molecule has 0 unspecified atom stereocenters. The first kappa shape index (κ1) is 17.4. The smallest absolute Gasteiger partial charge is 0.320 e.